The average molecular weight is 501 g/mol. The number of hydrogen-bond acceptors (Lipinski definition) is 5. The van der Waals surface area contributed by atoms with Gasteiger partial charge in [-0.3, -0.25) is 9.78 Å². The Kier molecular flexibility index (Phi) is 5.01. The zero-order chi connectivity index (χ0) is 28.2. The van der Waals surface area contributed by atoms with Crippen LogP contribution in [0, 0.1) is 12.7 Å². The van der Waals surface area contributed by atoms with Crippen LogP contribution in [0.1, 0.15) is 57.0 Å². The fourth-order valence-electron chi connectivity index (χ4n) is 5.41. The normalized spacial score (nSPS) is 16.1. The number of ketones is 1. The lowest BCUT2D eigenvalue weighted by Gasteiger charge is -2.23. The summed E-state index contributed by atoms with van der Waals surface area (Å²) >= 11 is 0. The van der Waals surface area contributed by atoms with Crippen molar-refractivity contribution in [2.45, 2.75) is 39.1 Å². The Morgan fingerprint density at radius 3 is 2.84 bits per heavy atom. The highest BCUT2D eigenvalue weighted by Gasteiger charge is 2.22. The minimum atomic E-state index is -2.47. The van der Waals surface area contributed by atoms with Crippen molar-refractivity contribution in [1.82, 2.24) is 24.5 Å². The first kappa shape index (κ1) is 20.2. The van der Waals surface area contributed by atoms with Crippen LogP contribution in [0.5, 0.6) is 0 Å². The van der Waals surface area contributed by atoms with Crippen LogP contribution in [-0.4, -0.2) is 43.5 Å². The van der Waals surface area contributed by atoms with Gasteiger partial charge >= 0.3 is 0 Å². The Hall–Kier alpha value is -3.91. The molecule has 0 spiro atoms. The number of aryl methyl sites for hydroxylation is 2. The number of carbonyl (C=O) groups is 1. The second-order valence-electron chi connectivity index (χ2n) is 9.60. The molecule has 0 saturated carbocycles. The number of pyridine rings is 1. The molecule has 3 aromatic heterocycles. The van der Waals surface area contributed by atoms with E-state index in [1.165, 1.54) is 23.2 Å². The second-order valence-corrected chi connectivity index (χ2v) is 9.60. The first-order valence-electron chi connectivity index (χ1n) is 13.8. The summed E-state index contributed by atoms with van der Waals surface area (Å²) in [5.41, 5.74) is 4.33. The molecule has 0 unspecified atom stereocenters. The third-order valence-corrected chi connectivity index (χ3v) is 7.26. The van der Waals surface area contributed by atoms with Crippen molar-refractivity contribution in [2.75, 3.05) is 13.2 Å². The van der Waals surface area contributed by atoms with Crippen molar-refractivity contribution >= 4 is 27.7 Å². The van der Waals surface area contributed by atoms with Crippen LogP contribution in [0.3, 0.4) is 0 Å². The van der Waals surface area contributed by atoms with Gasteiger partial charge in [-0.1, -0.05) is 29.5 Å². The first-order chi connectivity index (χ1) is 19.1. The summed E-state index contributed by atoms with van der Waals surface area (Å²) in [4.78, 5) is 16.9. The predicted molar refractivity (Wildman–Crippen MR) is 140 cm³/mol. The van der Waals surface area contributed by atoms with Crippen molar-refractivity contribution in [3.05, 3.63) is 76.9 Å². The highest BCUT2D eigenvalue weighted by molar-refractivity contribution is 6.09. The van der Waals surface area contributed by atoms with Crippen LogP contribution in [0.15, 0.2) is 48.7 Å². The molecule has 5 aromatic rings. The van der Waals surface area contributed by atoms with Gasteiger partial charge in [-0.2, -0.15) is 0 Å². The largest absolute Gasteiger partial charge is 0.381 e. The molecule has 0 aliphatic carbocycles. The quantitative estimate of drug-likeness (QED) is 0.295. The molecule has 1 fully saturated rings. The molecular formula is C29H28FN5O2. The van der Waals surface area contributed by atoms with Crippen LogP contribution in [0.2, 0.25) is 0 Å². The summed E-state index contributed by atoms with van der Waals surface area (Å²) in [6.07, 6.45) is 3.46. The molecule has 0 atom stereocenters. The number of Topliss-reactive ketones (excluding diaryl/α,β-unsaturated/α-hetero) is 1. The van der Waals surface area contributed by atoms with Gasteiger partial charge in [0.15, 0.2) is 11.6 Å². The van der Waals surface area contributed by atoms with E-state index in [0.29, 0.717) is 40.1 Å². The number of carbonyl (C=O) groups excluding carboxylic acids is 1. The average Bonchev–Trinajstić information content (AvgIpc) is 3.47. The van der Waals surface area contributed by atoms with Gasteiger partial charge < -0.3 is 9.30 Å². The highest BCUT2D eigenvalue weighted by Crippen LogP contribution is 2.35. The Morgan fingerprint density at radius 1 is 1.22 bits per heavy atom. The molecule has 7 nitrogen and oxygen atoms in total. The second kappa shape index (κ2) is 9.19. The van der Waals surface area contributed by atoms with Crippen molar-refractivity contribution < 1.29 is 18.0 Å². The first-order valence-corrected chi connectivity index (χ1v) is 12.3. The minimum Gasteiger partial charge on any atom is -0.381 e. The highest BCUT2D eigenvalue weighted by atomic mass is 19.1. The number of nitrogens with zero attached hydrogens (tertiary/aromatic N) is 5. The number of halogens is 1. The predicted octanol–water partition coefficient (Wildman–Crippen LogP) is 5.58. The fraction of sp³-hybridized carbons (Fsp3) is 0.310. The van der Waals surface area contributed by atoms with Crippen LogP contribution >= 0.6 is 0 Å². The molecule has 2 aromatic carbocycles. The topological polar surface area (TPSA) is 74.8 Å². The molecule has 1 aliphatic heterocycles. The monoisotopic (exact) mass is 500 g/mol. The molecule has 0 radical (unpaired) electrons. The maximum atomic E-state index is 16.0. The Morgan fingerprint density at radius 2 is 2.05 bits per heavy atom. The molecule has 188 valence electrons. The molecule has 37 heavy (non-hydrogen) atoms. The van der Waals surface area contributed by atoms with Crippen LogP contribution in [0.25, 0.3) is 33.2 Å². The van der Waals surface area contributed by atoms with Gasteiger partial charge in [-0.05, 0) is 61.9 Å². The van der Waals surface area contributed by atoms with Gasteiger partial charge in [0, 0.05) is 48.1 Å². The number of fused-ring (bicyclic) bond motifs is 3. The van der Waals surface area contributed by atoms with E-state index in [1.54, 1.807) is 25.4 Å². The third-order valence-electron chi connectivity index (χ3n) is 7.26. The van der Waals surface area contributed by atoms with E-state index in [4.69, 9.17) is 8.85 Å². The number of ether oxygens (including phenoxy) is 1. The van der Waals surface area contributed by atoms with E-state index < -0.39 is 12.7 Å². The zero-order valence-electron chi connectivity index (χ0n) is 23.7. The SMILES string of the molecule is [2H]C([2H])([2H])c1nnn(C)c1-c1cnc2c3ccc(C(C)=O)c(F)c3n(Cc3cccc(C4CCOCC4)c3)c2c1. The molecule has 0 amide bonds. The van der Waals surface area contributed by atoms with E-state index >= 15 is 4.39 Å². The van der Waals surface area contributed by atoms with Crippen LogP contribution in [0.4, 0.5) is 4.39 Å². The number of benzene rings is 2. The van der Waals surface area contributed by atoms with Crippen molar-refractivity contribution in [3.8, 4) is 11.3 Å². The summed E-state index contributed by atoms with van der Waals surface area (Å²) in [6, 6.07) is 13.3. The lowest BCUT2D eigenvalue weighted by atomic mass is 9.91. The zero-order valence-corrected chi connectivity index (χ0v) is 20.7. The molecule has 0 bridgehead atoms. The summed E-state index contributed by atoms with van der Waals surface area (Å²) in [5.74, 6) is -0.568. The van der Waals surface area contributed by atoms with Gasteiger partial charge in [0.05, 0.1) is 33.5 Å². The number of rotatable bonds is 5. The van der Waals surface area contributed by atoms with E-state index in [1.807, 2.05) is 16.7 Å². The van der Waals surface area contributed by atoms with Crippen LogP contribution in [-0.2, 0) is 18.3 Å². The van der Waals surface area contributed by atoms with E-state index in [0.717, 1.165) is 31.6 Å². The van der Waals surface area contributed by atoms with E-state index in [2.05, 4.69) is 27.4 Å². The Labute approximate surface area is 218 Å². The third kappa shape index (κ3) is 4.01. The standard InChI is InChI=1S/C29H28FN5O2/c1-17-28(34(3)33-32-17)22-14-25-27(31-15-22)24-8-7-23(18(2)36)26(30)29(24)35(25)16-19-5-4-6-21(13-19)20-9-11-37-12-10-20/h4-8,13-15,20H,9-12,16H2,1-3H3/i1D3. The van der Waals surface area contributed by atoms with E-state index in [9.17, 15) is 4.79 Å². The van der Waals surface area contributed by atoms with Gasteiger partial charge in [0.1, 0.15) is 0 Å². The van der Waals surface area contributed by atoms with Gasteiger partial charge in [-0.15, -0.1) is 5.10 Å². The minimum absolute atomic E-state index is 0.00765. The maximum Gasteiger partial charge on any atom is 0.162 e. The van der Waals surface area contributed by atoms with E-state index in [-0.39, 0.29) is 22.6 Å². The molecule has 1 saturated heterocycles. The Balaban J connectivity index is 1.56. The Bertz CT molecular complexity index is 1770. The van der Waals surface area contributed by atoms with Gasteiger partial charge in [0.25, 0.3) is 0 Å². The molecule has 1 aliphatic rings. The number of aromatic nitrogens is 5. The van der Waals surface area contributed by atoms with Crippen LogP contribution < -0.4 is 0 Å². The maximum absolute atomic E-state index is 16.0. The fourth-order valence-corrected chi connectivity index (χ4v) is 5.41. The summed E-state index contributed by atoms with van der Waals surface area (Å²) in [6.45, 7) is 0.665. The smallest absolute Gasteiger partial charge is 0.162 e. The van der Waals surface area contributed by atoms with Crippen molar-refractivity contribution in [3.63, 3.8) is 0 Å². The lowest BCUT2D eigenvalue weighted by Crippen LogP contribution is -2.14. The molecular weight excluding hydrogens is 469 g/mol. The summed E-state index contributed by atoms with van der Waals surface area (Å²) < 4.78 is 48.5. The summed E-state index contributed by atoms with van der Waals surface area (Å²) in [7, 11) is 1.62. The molecule has 0 N–H and O–H groups in total. The number of hydrogen-bond donors (Lipinski definition) is 0. The summed E-state index contributed by atoms with van der Waals surface area (Å²) in [5, 5.41) is 8.40. The molecule has 4 heterocycles. The molecule has 6 rings (SSSR count). The van der Waals surface area contributed by atoms with Crippen molar-refractivity contribution in [2.24, 2.45) is 7.05 Å². The van der Waals surface area contributed by atoms with Crippen molar-refractivity contribution in [1.29, 1.82) is 0 Å². The van der Waals surface area contributed by atoms with Gasteiger partial charge in [0.2, 0.25) is 0 Å². The van der Waals surface area contributed by atoms with Gasteiger partial charge in [-0.25, -0.2) is 9.07 Å². The molecule has 8 heteroatoms. The lowest BCUT2D eigenvalue weighted by molar-refractivity contribution is 0.0853.